The normalized spacial score (nSPS) is 13.4. The first-order valence-corrected chi connectivity index (χ1v) is 35.0. The number of fused-ring (bicyclic) bond motifs is 4. The van der Waals surface area contributed by atoms with Gasteiger partial charge in [-0.25, -0.2) is 0 Å². The van der Waals surface area contributed by atoms with Gasteiger partial charge in [0.2, 0.25) is 11.8 Å². The maximum absolute atomic E-state index is 12.4. The van der Waals surface area contributed by atoms with Crippen LogP contribution in [-0.4, -0.2) is 88.6 Å². The summed E-state index contributed by atoms with van der Waals surface area (Å²) in [5.41, 5.74) is 13.1. The van der Waals surface area contributed by atoms with Crippen molar-refractivity contribution in [1.82, 2.24) is 16.0 Å². The van der Waals surface area contributed by atoms with Crippen molar-refractivity contribution in [2.75, 3.05) is 41.7 Å². The molecule has 8 heterocycles. The number of aryl methyl sites for hydroxylation is 11. The number of hydrogen-bond acceptors (Lipinski definition) is 13. The van der Waals surface area contributed by atoms with Gasteiger partial charge in [0, 0.05) is 84.9 Å². The zero-order chi connectivity index (χ0) is 65.9. The number of halogens is 2. The number of nitrogens with zero attached hydrogens (tertiary/aromatic N) is 1. The maximum atomic E-state index is 12.4. The van der Waals surface area contributed by atoms with Crippen LogP contribution in [0.1, 0.15) is 170 Å². The molecule has 10 rings (SSSR count). The van der Waals surface area contributed by atoms with Gasteiger partial charge in [-0.3, -0.25) is 19.2 Å². The topological polar surface area (TPSA) is 183 Å². The van der Waals surface area contributed by atoms with Crippen LogP contribution in [0.25, 0.3) is 0 Å². The molecular weight excluding hydrogens is 1340 g/mol. The number of benzene rings is 2. The second-order valence-corrected chi connectivity index (χ2v) is 31.7. The van der Waals surface area contributed by atoms with E-state index >= 15 is 0 Å². The Balaban J connectivity index is 0.00000111. The van der Waals surface area contributed by atoms with E-state index in [0.717, 1.165) is 131 Å². The van der Waals surface area contributed by atoms with E-state index in [-0.39, 0.29) is 72.1 Å². The van der Waals surface area contributed by atoms with Gasteiger partial charge in [-0.15, -0.1) is 45.3 Å². The third kappa shape index (κ3) is 30.8. The van der Waals surface area contributed by atoms with Crippen LogP contribution in [0.15, 0.2) is 56.8 Å². The van der Waals surface area contributed by atoms with Gasteiger partial charge in [-0.05, 0) is 226 Å². The fourth-order valence-corrected chi connectivity index (χ4v) is 15.5. The maximum Gasteiger partial charge on any atom is 1.00 e. The van der Waals surface area contributed by atoms with E-state index in [9.17, 15) is 19.2 Å². The van der Waals surface area contributed by atoms with Crippen molar-refractivity contribution in [2.24, 2.45) is 10.8 Å². The summed E-state index contributed by atoms with van der Waals surface area (Å²) in [6.45, 7) is 37.4. The number of hydrogen-bond donors (Lipinski definition) is 5. The molecule has 0 atom stereocenters. The summed E-state index contributed by atoms with van der Waals surface area (Å²) >= 11 is 13.8. The summed E-state index contributed by atoms with van der Waals surface area (Å²) in [5, 5.41) is 15.3. The number of anilines is 3. The molecule has 13 nitrogen and oxygen atoms in total. The first kappa shape index (κ1) is 84.6. The number of rotatable bonds is 5. The van der Waals surface area contributed by atoms with Crippen molar-refractivity contribution in [1.29, 1.82) is 0 Å². The molecule has 0 saturated carbocycles. The molecule has 0 aliphatic carbocycles. The summed E-state index contributed by atoms with van der Waals surface area (Å²) in [5.74, 6) is 0.361. The standard InChI is InChI=1S/C23H32N2OS.C14H20BrNO.C9H11NOS.C9H13NS.C8H8BrNOS.3CH3BO.Al.Li.4H/c1-15-10-19(11-16(2)22(15)24-21(26)13-23(4,5)6)25-9-7-8-18-12-17(3)27-20(18)14-25;1-9-6-11(15)7-10(2)13(9)16-12(17)8-14(3,4)5;1-6-5-7-3-2-4-10-9(11)8(7)12-6;1-7-5-8-3-2-4-10-6-9(8)11-7;9-6-4-5-2-1-3-10-8(11)7(5)12-6;3*1-2-3;;;;;;/h10-12H,7-9,13-14H2,1-6H3,(H,24,26);6-7H,8H2,1-5H3,(H,16,17);5H,2-4H2,1H3,(H,10,11);5,10H,2-4,6H2,1H3;4H,1-3H2,(H,10,11);3*1H3;;;;;;/q;;;;;;;;;+1;;;;-1. The number of carbonyl (C=O) groups is 4. The molecule has 24 heteroatoms. The van der Waals surface area contributed by atoms with Crippen LogP contribution in [0.5, 0.6) is 0 Å². The molecule has 0 fully saturated rings. The van der Waals surface area contributed by atoms with Gasteiger partial charge in [-0.1, -0.05) is 57.5 Å². The molecular formula is C66H97AlB3Br2LiN6O7S4. The quantitative estimate of drug-likeness (QED) is 0.105. The van der Waals surface area contributed by atoms with Gasteiger partial charge >= 0.3 is 74.9 Å². The van der Waals surface area contributed by atoms with E-state index in [1.165, 1.54) is 106 Å². The van der Waals surface area contributed by atoms with Crippen LogP contribution in [0.3, 0.4) is 0 Å². The first-order valence-electron chi connectivity index (χ1n) is 30.2. The third-order valence-electron chi connectivity index (χ3n) is 13.6. The molecule has 4 aliphatic rings. The third-order valence-corrected chi connectivity index (χ3v) is 19.0. The van der Waals surface area contributed by atoms with Gasteiger partial charge in [0.15, 0.2) is 17.4 Å². The van der Waals surface area contributed by atoms with Crippen LogP contribution >= 0.6 is 77.2 Å². The predicted molar refractivity (Wildman–Crippen MR) is 393 cm³/mol. The molecule has 6 aromatic rings. The number of thiophene rings is 4. The summed E-state index contributed by atoms with van der Waals surface area (Å²) in [6.07, 6.45) is 10.1. The SMILES string of the molecule is CB=O.CB=O.CB=O.Cc1cc(Br)cc(C)c1NC(=O)CC(C)(C)C.Cc1cc2c(s1)C(=O)NCCC2.Cc1cc2c(s1)CN(c1cc(C)c(NC(=O)CC(C)(C)C)c(C)c1)CCC2.Cc1cc2c(s1)CNCCC2.O=C1NCCCc2cc(Br)sc21.[AlH3].[H-].[Li+]. The average Bonchev–Trinajstić information content (AvgIpc) is 2.49. The van der Waals surface area contributed by atoms with Crippen molar-refractivity contribution < 1.29 is 53.6 Å². The predicted octanol–water partition coefficient (Wildman–Crippen LogP) is 12.6. The van der Waals surface area contributed by atoms with E-state index < -0.39 is 0 Å². The Bertz CT molecular complexity index is 3150. The Kier molecular flexibility index (Phi) is 40.2. The Hall–Kier alpha value is -3.44. The fourth-order valence-electron chi connectivity index (χ4n) is 10.1. The van der Waals surface area contributed by atoms with Crippen molar-refractivity contribution >= 4 is 157 Å². The second kappa shape index (κ2) is 42.8. The Morgan fingerprint density at radius 1 is 0.556 bits per heavy atom. The van der Waals surface area contributed by atoms with Crippen LogP contribution in [0.4, 0.5) is 17.1 Å². The summed E-state index contributed by atoms with van der Waals surface area (Å²) < 4.78 is 28.5. The van der Waals surface area contributed by atoms with Gasteiger partial charge in [0.25, 0.3) is 11.8 Å². The Labute approximate surface area is 596 Å². The average molecular weight is 1440 g/mol. The molecule has 4 aliphatic heterocycles. The zero-order valence-corrected chi connectivity index (χ0v) is 62.3. The molecule has 0 unspecified atom stereocenters. The van der Waals surface area contributed by atoms with Crippen molar-refractivity contribution in [3.63, 3.8) is 0 Å². The summed E-state index contributed by atoms with van der Waals surface area (Å²) in [6, 6.07) is 17.4. The smallest absolute Gasteiger partial charge is 1.00 e. The zero-order valence-electron chi connectivity index (χ0n) is 56.9. The van der Waals surface area contributed by atoms with Gasteiger partial charge < -0.3 is 32.9 Å². The summed E-state index contributed by atoms with van der Waals surface area (Å²) in [4.78, 5) is 58.5. The second-order valence-electron chi connectivity index (χ2n) is 24.4. The van der Waals surface area contributed by atoms with E-state index in [2.05, 4.69) is 163 Å². The Morgan fingerprint density at radius 2 is 0.933 bits per heavy atom. The molecule has 90 heavy (non-hydrogen) atoms. The van der Waals surface area contributed by atoms with Crippen LogP contribution in [0.2, 0.25) is 20.5 Å². The molecule has 4 aromatic heterocycles. The van der Waals surface area contributed by atoms with E-state index in [1.54, 1.807) is 21.8 Å². The van der Waals surface area contributed by atoms with E-state index in [0.29, 0.717) is 12.8 Å². The van der Waals surface area contributed by atoms with Crippen molar-refractivity contribution in [3.05, 3.63) is 135 Å². The first-order chi connectivity index (χ1) is 41.5. The van der Waals surface area contributed by atoms with Crippen molar-refractivity contribution in [3.8, 4) is 0 Å². The molecule has 0 radical (unpaired) electrons. The molecule has 5 N–H and O–H groups in total. The van der Waals surface area contributed by atoms with Gasteiger partial charge in [-0.2, -0.15) is 0 Å². The van der Waals surface area contributed by atoms with Crippen LogP contribution < -0.4 is 50.3 Å². The molecule has 2 aromatic carbocycles. The van der Waals surface area contributed by atoms with Crippen molar-refractivity contribution in [2.45, 2.75) is 188 Å². The van der Waals surface area contributed by atoms with Crippen LogP contribution in [-0.2, 0) is 62.5 Å². The van der Waals surface area contributed by atoms with Gasteiger partial charge in [0.1, 0.15) is 0 Å². The molecule has 0 spiro atoms. The molecule has 484 valence electrons. The molecule has 0 bridgehead atoms. The monoisotopic (exact) mass is 1440 g/mol. The van der Waals surface area contributed by atoms with Gasteiger partial charge in [0.05, 0.1) is 20.1 Å². The fraction of sp³-hybridized carbons (Fsp3) is 0.515. The number of nitrogens with one attached hydrogen (secondary N) is 5. The minimum Gasteiger partial charge on any atom is -1.00 e. The molecule has 0 saturated heterocycles. The van der Waals surface area contributed by atoms with Crippen LogP contribution in [0, 0.1) is 59.3 Å². The summed E-state index contributed by atoms with van der Waals surface area (Å²) in [7, 11) is 2.25. The largest absolute Gasteiger partial charge is 1.00 e. The minimum absolute atomic E-state index is 0. The minimum atomic E-state index is -0.00553. The van der Waals surface area contributed by atoms with E-state index in [1.807, 2.05) is 61.6 Å². The number of carbonyl (C=O) groups excluding carboxylic acids is 4. The Morgan fingerprint density at radius 3 is 1.41 bits per heavy atom. The number of amides is 4. The molecule has 4 amide bonds. The van der Waals surface area contributed by atoms with E-state index in [4.69, 9.17) is 14.1 Å².